The molecule has 3 saturated carbocycles. The van der Waals surface area contributed by atoms with Crippen molar-refractivity contribution in [2.24, 2.45) is 34.5 Å². The van der Waals surface area contributed by atoms with Crippen LogP contribution in [0.15, 0.2) is 11.6 Å². The highest BCUT2D eigenvalue weighted by molar-refractivity contribution is 5.28. The second-order valence-electron chi connectivity index (χ2n) is 9.15. The van der Waals surface area contributed by atoms with E-state index in [4.69, 9.17) is 0 Å². The van der Waals surface area contributed by atoms with E-state index < -0.39 is 0 Å². The minimum Gasteiger partial charge on any atom is -0.395 e. The quantitative estimate of drug-likeness (QED) is 0.651. The zero-order valence-corrected chi connectivity index (χ0v) is 14.5. The van der Waals surface area contributed by atoms with Gasteiger partial charge in [0.25, 0.3) is 0 Å². The summed E-state index contributed by atoms with van der Waals surface area (Å²) in [5.41, 5.74) is 1.31. The molecule has 23 heavy (non-hydrogen) atoms. The lowest BCUT2D eigenvalue weighted by Gasteiger charge is -2.60. The summed E-state index contributed by atoms with van der Waals surface area (Å²) in [6.45, 7) is 4.75. The van der Waals surface area contributed by atoms with Crippen molar-refractivity contribution in [1.82, 2.24) is 0 Å². The molecule has 0 aromatic rings. The minimum atomic E-state index is -0.335. The van der Waals surface area contributed by atoms with Gasteiger partial charge in [-0.05, 0) is 74.0 Å². The molecule has 0 aromatic carbocycles. The van der Waals surface area contributed by atoms with Gasteiger partial charge in [0, 0.05) is 5.41 Å². The van der Waals surface area contributed by atoms with E-state index in [0.29, 0.717) is 23.7 Å². The van der Waals surface area contributed by atoms with Crippen LogP contribution in [-0.4, -0.2) is 34.1 Å². The Kier molecular flexibility index (Phi) is 3.72. The van der Waals surface area contributed by atoms with Crippen molar-refractivity contribution in [2.75, 3.05) is 6.61 Å². The van der Waals surface area contributed by atoms with Gasteiger partial charge in [0.15, 0.2) is 0 Å². The molecule has 3 fully saturated rings. The van der Waals surface area contributed by atoms with Crippen molar-refractivity contribution in [3.05, 3.63) is 11.6 Å². The molecule has 4 aliphatic rings. The molecule has 3 nitrogen and oxygen atoms in total. The van der Waals surface area contributed by atoms with Gasteiger partial charge < -0.3 is 15.3 Å². The standard InChI is InChI=1S/C20H32O3/c1-12-9-14(22)10-13-3-4-15-16-5-6-18(23)19(16,2)8-7-17(15)20(12,13)11-21/h10,12,14-18,21-23H,3-9,11H2,1-2H3/t12?,14?,15-,16-,17+,18?,19-,20-/m0/s1. The molecule has 3 unspecified atom stereocenters. The molecule has 0 bridgehead atoms. The highest BCUT2D eigenvalue weighted by Gasteiger charge is 2.61. The first-order valence-corrected chi connectivity index (χ1v) is 9.61. The monoisotopic (exact) mass is 320 g/mol. The molecule has 0 heterocycles. The molecular weight excluding hydrogens is 288 g/mol. The Balaban J connectivity index is 1.73. The average molecular weight is 320 g/mol. The van der Waals surface area contributed by atoms with Crippen LogP contribution in [0.3, 0.4) is 0 Å². The number of hydrogen-bond donors (Lipinski definition) is 3. The first kappa shape index (κ1) is 16.1. The van der Waals surface area contributed by atoms with E-state index >= 15 is 0 Å². The smallest absolute Gasteiger partial charge is 0.0726 e. The lowest BCUT2D eigenvalue weighted by Crippen LogP contribution is -2.56. The highest BCUT2D eigenvalue weighted by Crippen LogP contribution is 2.66. The lowest BCUT2D eigenvalue weighted by molar-refractivity contribution is -0.110. The predicted molar refractivity (Wildman–Crippen MR) is 89.7 cm³/mol. The fraction of sp³-hybridized carbons (Fsp3) is 0.900. The van der Waals surface area contributed by atoms with Crippen LogP contribution in [0.2, 0.25) is 0 Å². The van der Waals surface area contributed by atoms with Crippen LogP contribution in [-0.2, 0) is 0 Å². The van der Waals surface area contributed by atoms with Gasteiger partial charge in [-0.15, -0.1) is 0 Å². The van der Waals surface area contributed by atoms with E-state index in [1.165, 1.54) is 12.0 Å². The molecule has 0 saturated heterocycles. The van der Waals surface area contributed by atoms with Crippen LogP contribution < -0.4 is 0 Å². The molecule has 130 valence electrons. The van der Waals surface area contributed by atoms with E-state index in [9.17, 15) is 15.3 Å². The Labute approximate surface area is 139 Å². The third-order valence-corrected chi connectivity index (χ3v) is 8.52. The van der Waals surface area contributed by atoms with Crippen molar-refractivity contribution >= 4 is 0 Å². The van der Waals surface area contributed by atoms with E-state index in [0.717, 1.165) is 38.5 Å². The maximum absolute atomic E-state index is 10.5. The van der Waals surface area contributed by atoms with E-state index in [2.05, 4.69) is 19.9 Å². The van der Waals surface area contributed by atoms with Crippen molar-refractivity contribution in [2.45, 2.75) is 71.0 Å². The summed E-state index contributed by atoms with van der Waals surface area (Å²) >= 11 is 0. The SMILES string of the molecule is CC1CC(O)C=C2CC[C@@H]3[C@@H](CC[C@]4(C)C(O)CC[C@@H]34)[C@]21CO. The van der Waals surface area contributed by atoms with E-state index in [1.807, 2.05) is 0 Å². The number of fused-ring (bicyclic) bond motifs is 5. The molecule has 0 spiro atoms. The molecule has 0 aliphatic heterocycles. The Bertz CT molecular complexity index is 515. The molecule has 3 N–H and O–H groups in total. The third kappa shape index (κ3) is 1.99. The lowest BCUT2D eigenvalue weighted by atomic mass is 9.45. The van der Waals surface area contributed by atoms with Crippen LogP contribution in [0.4, 0.5) is 0 Å². The fourth-order valence-corrected chi connectivity index (χ4v) is 7.26. The normalized spacial score (nSPS) is 55.6. The molecule has 4 aliphatic carbocycles. The summed E-state index contributed by atoms with van der Waals surface area (Å²) in [6, 6.07) is 0. The van der Waals surface area contributed by atoms with E-state index in [-0.39, 0.29) is 29.6 Å². The van der Waals surface area contributed by atoms with Crippen molar-refractivity contribution < 1.29 is 15.3 Å². The van der Waals surface area contributed by atoms with Gasteiger partial charge in [-0.2, -0.15) is 0 Å². The van der Waals surface area contributed by atoms with Crippen LogP contribution in [0.25, 0.3) is 0 Å². The zero-order valence-electron chi connectivity index (χ0n) is 14.5. The van der Waals surface area contributed by atoms with Crippen LogP contribution in [0.5, 0.6) is 0 Å². The number of aliphatic hydroxyl groups excluding tert-OH is 3. The number of aliphatic hydroxyl groups is 3. The van der Waals surface area contributed by atoms with E-state index in [1.54, 1.807) is 0 Å². The van der Waals surface area contributed by atoms with Crippen LogP contribution in [0, 0.1) is 34.5 Å². The molecule has 8 atom stereocenters. The van der Waals surface area contributed by atoms with Crippen molar-refractivity contribution in [3.63, 3.8) is 0 Å². The highest BCUT2D eigenvalue weighted by atomic mass is 16.3. The minimum absolute atomic E-state index is 0.0937. The maximum Gasteiger partial charge on any atom is 0.0726 e. The molecular formula is C20H32O3. The van der Waals surface area contributed by atoms with Gasteiger partial charge in [0.05, 0.1) is 18.8 Å². The van der Waals surface area contributed by atoms with Gasteiger partial charge in [-0.3, -0.25) is 0 Å². The summed E-state index contributed by atoms with van der Waals surface area (Å²) in [5, 5.41) is 31.1. The topological polar surface area (TPSA) is 60.7 Å². The fourth-order valence-electron chi connectivity index (χ4n) is 7.26. The first-order valence-electron chi connectivity index (χ1n) is 9.61. The Morgan fingerprint density at radius 3 is 2.65 bits per heavy atom. The molecule has 0 aromatic heterocycles. The molecule has 0 radical (unpaired) electrons. The van der Waals surface area contributed by atoms with Gasteiger partial charge in [-0.25, -0.2) is 0 Å². The second kappa shape index (κ2) is 5.31. The third-order valence-electron chi connectivity index (χ3n) is 8.52. The number of rotatable bonds is 1. The summed E-state index contributed by atoms with van der Waals surface area (Å²) in [5.74, 6) is 2.11. The van der Waals surface area contributed by atoms with Gasteiger partial charge in [0.1, 0.15) is 0 Å². The van der Waals surface area contributed by atoms with Crippen LogP contribution >= 0.6 is 0 Å². The molecule has 4 rings (SSSR count). The summed E-state index contributed by atoms with van der Waals surface area (Å²) < 4.78 is 0. The predicted octanol–water partition coefficient (Wildman–Crippen LogP) is 2.89. The maximum atomic E-state index is 10.5. The van der Waals surface area contributed by atoms with Crippen molar-refractivity contribution in [1.29, 1.82) is 0 Å². The Morgan fingerprint density at radius 2 is 1.91 bits per heavy atom. The molecule has 3 heteroatoms. The van der Waals surface area contributed by atoms with Crippen molar-refractivity contribution in [3.8, 4) is 0 Å². The number of hydrogen-bond acceptors (Lipinski definition) is 3. The summed E-state index contributed by atoms with van der Waals surface area (Å²) in [4.78, 5) is 0. The van der Waals surface area contributed by atoms with Gasteiger partial charge in [0.2, 0.25) is 0 Å². The summed E-state index contributed by atoms with van der Waals surface area (Å²) in [6.07, 6.45) is 8.86. The Hall–Kier alpha value is -0.380. The summed E-state index contributed by atoms with van der Waals surface area (Å²) in [7, 11) is 0. The molecule has 0 amide bonds. The largest absolute Gasteiger partial charge is 0.395 e. The van der Waals surface area contributed by atoms with Gasteiger partial charge >= 0.3 is 0 Å². The van der Waals surface area contributed by atoms with Gasteiger partial charge in [-0.1, -0.05) is 25.5 Å². The zero-order chi connectivity index (χ0) is 16.4. The Morgan fingerprint density at radius 1 is 1.13 bits per heavy atom. The first-order chi connectivity index (χ1) is 10.9. The second-order valence-corrected chi connectivity index (χ2v) is 9.15. The van der Waals surface area contributed by atoms with Crippen LogP contribution in [0.1, 0.15) is 58.8 Å². The average Bonchev–Trinajstić information content (AvgIpc) is 2.82.